The minimum atomic E-state index is -3.61. The number of benzene rings is 2. The summed E-state index contributed by atoms with van der Waals surface area (Å²) in [6.45, 7) is 5.13. The van der Waals surface area contributed by atoms with Crippen LogP contribution in [0.5, 0.6) is 11.5 Å². The van der Waals surface area contributed by atoms with Crippen LogP contribution in [0.25, 0.3) is 0 Å². The van der Waals surface area contributed by atoms with Gasteiger partial charge in [0.15, 0.2) is 11.5 Å². The van der Waals surface area contributed by atoms with Crippen molar-refractivity contribution in [3.63, 3.8) is 0 Å². The van der Waals surface area contributed by atoms with E-state index in [1.807, 2.05) is 32.0 Å². The lowest BCUT2D eigenvalue weighted by molar-refractivity contribution is 0.171. The van der Waals surface area contributed by atoms with Gasteiger partial charge in [0.25, 0.3) is 0 Å². The molecule has 0 radical (unpaired) electrons. The molecule has 0 fully saturated rings. The van der Waals surface area contributed by atoms with Gasteiger partial charge in [0.05, 0.1) is 10.9 Å². The maximum atomic E-state index is 12.7. The number of carbonyl (C=O) groups is 1. The molecule has 0 saturated carbocycles. The summed E-state index contributed by atoms with van der Waals surface area (Å²) in [7, 11) is -0.650. The molecule has 2 aromatic carbocycles. The summed E-state index contributed by atoms with van der Waals surface area (Å²) in [4.78, 5) is 12.8. The zero-order valence-electron chi connectivity index (χ0n) is 18.2. The third-order valence-electron chi connectivity index (χ3n) is 5.05. The lowest BCUT2D eigenvalue weighted by Gasteiger charge is -2.25. The van der Waals surface area contributed by atoms with Crippen molar-refractivity contribution in [2.45, 2.75) is 31.3 Å². The first-order valence-electron chi connectivity index (χ1n) is 10.1. The first-order chi connectivity index (χ1) is 14.7. The van der Waals surface area contributed by atoms with E-state index in [0.717, 1.165) is 9.87 Å². The van der Waals surface area contributed by atoms with Crippen LogP contribution in [0.4, 0.5) is 4.79 Å². The number of carbonyl (C=O) groups excluding carboxylic acids is 1. The van der Waals surface area contributed by atoms with Gasteiger partial charge in [-0.25, -0.2) is 17.5 Å². The van der Waals surface area contributed by atoms with E-state index < -0.39 is 10.0 Å². The average molecular weight is 448 g/mol. The number of hydrogen-bond donors (Lipinski definition) is 2. The number of fused-ring (bicyclic) bond motifs is 1. The highest BCUT2D eigenvalue weighted by Crippen LogP contribution is 2.34. The van der Waals surface area contributed by atoms with Crippen molar-refractivity contribution in [2.75, 3.05) is 27.3 Å². The van der Waals surface area contributed by atoms with Gasteiger partial charge >= 0.3 is 6.03 Å². The van der Waals surface area contributed by atoms with Crippen LogP contribution in [0.3, 0.4) is 0 Å². The molecule has 1 atom stereocenters. The summed E-state index contributed by atoms with van der Waals surface area (Å²) in [5.41, 5.74) is 1.43. The van der Waals surface area contributed by atoms with Gasteiger partial charge in [0.1, 0.15) is 13.2 Å². The van der Waals surface area contributed by atoms with E-state index >= 15 is 0 Å². The second kappa shape index (κ2) is 9.57. The standard InChI is InChI=1S/C22H29N3O5S/c1-15(2)21(16-9-10-18-19(13-16)30-12-11-29-18)24-22(26)23-14-17-7-5-6-8-20(17)31(27,28)25(3)4/h5-10,13,15,21H,11-12,14H2,1-4H3,(H2,23,24,26)/t21-/m0/s1. The number of nitrogens with zero attached hydrogens (tertiary/aromatic N) is 1. The molecule has 0 aromatic heterocycles. The number of ether oxygens (including phenoxy) is 2. The molecule has 9 heteroatoms. The zero-order chi connectivity index (χ0) is 22.6. The molecular weight excluding hydrogens is 418 g/mol. The topological polar surface area (TPSA) is 97.0 Å². The molecule has 168 valence electrons. The van der Waals surface area contributed by atoms with Crippen LogP contribution in [-0.4, -0.2) is 46.1 Å². The van der Waals surface area contributed by atoms with Crippen LogP contribution in [0.1, 0.15) is 31.0 Å². The number of rotatable bonds is 7. The van der Waals surface area contributed by atoms with Crippen LogP contribution >= 0.6 is 0 Å². The van der Waals surface area contributed by atoms with Crippen LogP contribution in [0, 0.1) is 5.92 Å². The Bertz CT molecular complexity index is 1040. The van der Waals surface area contributed by atoms with Crippen molar-refractivity contribution < 1.29 is 22.7 Å². The molecule has 0 aliphatic carbocycles. The minimum absolute atomic E-state index is 0.0844. The Morgan fingerprint density at radius 3 is 2.42 bits per heavy atom. The van der Waals surface area contributed by atoms with Gasteiger partial charge in [-0.2, -0.15) is 0 Å². The summed E-state index contributed by atoms with van der Waals surface area (Å²) in [5.74, 6) is 1.48. The summed E-state index contributed by atoms with van der Waals surface area (Å²) < 4.78 is 37.5. The average Bonchev–Trinajstić information content (AvgIpc) is 2.75. The van der Waals surface area contributed by atoms with Gasteiger partial charge < -0.3 is 20.1 Å². The van der Waals surface area contributed by atoms with E-state index in [1.165, 1.54) is 20.2 Å². The van der Waals surface area contributed by atoms with E-state index in [2.05, 4.69) is 10.6 Å². The second-order valence-corrected chi connectivity index (χ2v) is 9.97. The molecule has 31 heavy (non-hydrogen) atoms. The summed E-state index contributed by atoms with van der Waals surface area (Å²) in [6.07, 6.45) is 0. The van der Waals surface area contributed by atoms with E-state index in [0.29, 0.717) is 30.3 Å². The molecule has 3 rings (SSSR count). The Hall–Kier alpha value is -2.78. The van der Waals surface area contributed by atoms with Gasteiger partial charge in [0, 0.05) is 20.6 Å². The third-order valence-corrected chi connectivity index (χ3v) is 6.96. The molecule has 0 bridgehead atoms. The largest absolute Gasteiger partial charge is 0.486 e. The third kappa shape index (κ3) is 5.29. The number of amides is 2. The van der Waals surface area contributed by atoms with Gasteiger partial charge in [-0.15, -0.1) is 0 Å². The molecule has 1 heterocycles. The Labute approximate surface area is 183 Å². The highest BCUT2D eigenvalue weighted by atomic mass is 32.2. The molecule has 0 unspecified atom stereocenters. The number of hydrogen-bond acceptors (Lipinski definition) is 5. The lowest BCUT2D eigenvalue weighted by atomic mass is 9.95. The Morgan fingerprint density at radius 2 is 1.74 bits per heavy atom. The van der Waals surface area contributed by atoms with Gasteiger partial charge in [-0.05, 0) is 35.2 Å². The lowest BCUT2D eigenvalue weighted by Crippen LogP contribution is -2.39. The molecular formula is C22H29N3O5S. The second-order valence-electron chi connectivity index (χ2n) is 7.85. The molecule has 2 N–H and O–H groups in total. The fourth-order valence-electron chi connectivity index (χ4n) is 3.35. The van der Waals surface area contributed by atoms with Crippen molar-refractivity contribution in [2.24, 2.45) is 5.92 Å². The summed E-state index contributed by atoms with van der Waals surface area (Å²) >= 11 is 0. The van der Waals surface area contributed by atoms with Crippen LogP contribution in [0.15, 0.2) is 47.4 Å². The van der Waals surface area contributed by atoms with Crippen molar-refractivity contribution >= 4 is 16.1 Å². The molecule has 1 aliphatic rings. The van der Waals surface area contributed by atoms with E-state index in [-0.39, 0.29) is 29.4 Å². The first kappa shape index (κ1) is 22.9. The normalized spacial score (nSPS) is 14.4. The minimum Gasteiger partial charge on any atom is -0.486 e. The van der Waals surface area contributed by atoms with Crippen molar-refractivity contribution in [1.82, 2.24) is 14.9 Å². The molecule has 8 nitrogen and oxygen atoms in total. The first-order valence-corrected chi connectivity index (χ1v) is 11.6. The van der Waals surface area contributed by atoms with E-state index in [1.54, 1.807) is 18.2 Å². The van der Waals surface area contributed by atoms with Crippen molar-refractivity contribution in [1.29, 1.82) is 0 Å². The Balaban J connectivity index is 1.71. The zero-order valence-corrected chi connectivity index (χ0v) is 19.0. The predicted molar refractivity (Wildman–Crippen MR) is 118 cm³/mol. The van der Waals surface area contributed by atoms with Gasteiger partial charge in [-0.1, -0.05) is 38.1 Å². The Morgan fingerprint density at radius 1 is 1.06 bits per heavy atom. The van der Waals surface area contributed by atoms with Gasteiger partial charge in [0.2, 0.25) is 10.0 Å². The van der Waals surface area contributed by atoms with E-state index in [4.69, 9.17) is 9.47 Å². The maximum absolute atomic E-state index is 12.7. The van der Waals surface area contributed by atoms with Crippen molar-refractivity contribution in [3.8, 4) is 11.5 Å². The van der Waals surface area contributed by atoms with Crippen LogP contribution < -0.4 is 20.1 Å². The number of nitrogens with one attached hydrogen (secondary N) is 2. The van der Waals surface area contributed by atoms with E-state index in [9.17, 15) is 13.2 Å². The maximum Gasteiger partial charge on any atom is 0.315 e. The molecule has 0 saturated heterocycles. The van der Waals surface area contributed by atoms with Gasteiger partial charge in [-0.3, -0.25) is 0 Å². The smallest absolute Gasteiger partial charge is 0.315 e. The monoisotopic (exact) mass is 447 g/mol. The SMILES string of the molecule is CC(C)[C@H](NC(=O)NCc1ccccc1S(=O)(=O)N(C)C)c1ccc2c(c1)OCCO2. The molecule has 2 amide bonds. The number of sulfonamides is 1. The van der Waals surface area contributed by atoms with Crippen LogP contribution in [0.2, 0.25) is 0 Å². The summed E-state index contributed by atoms with van der Waals surface area (Å²) in [6, 6.07) is 11.7. The summed E-state index contributed by atoms with van der Waals surface area (Å²) in [5, 5.41) is 5.76. The fourth-order valence-corrected chi connectivity index (χ4v) is 4.47. The van der Waals surface area contributed by atoms with Crippen LogP contribution in [-0.2, 0) is 16.6 Å². The molecule has 0 spiro atoms. The number of urea groups is 1. The quantitative estimate of drug-likeness (QED) is 0.680. The molecule has 2 aromatic rings. The fraction of sp³-hybridized carbons (Fsp3) is 0.409. The molecule has 1 aliphatic heterocycles. The predicted octanol–water partition coefficient (Wildman–Crippen LogP) is 2.90. The highest BCUT2D eigenvalue weighted by Gasteiger charge is 2.23. The van der Waals surface area contributed by atoms with Crippen molar-refractivity contribution in [3.05, 3.63) is 53.6 Å². The highest BCUT2D eigenvalue weighted by molar-refractivity contribution is 7.89. The Kier molecular flexibility index (Phi) is 7.07.